The van der Waals surface area contributed by atoms with Crippen LogP contribution in [0.3, 0.4) is 0 Å². The Morgan fingerprint density at radius 3 is 2.31 bits per heavy atom. The SMILES string of the molecule is CC1=C(c2ccccc2)SC(C(C)C)N1C. The van der Waals surface area contributed by atoms with E-state index in [1.54, 1.807) is 0 Å². The summed E-state index contributed by atoms with van der Waals surface area (Å²) in [5.74, 6) is 0.672. The van der Waals surface area contributed by atoms with Crippen LogP contribution in [0.1, 0.15) is 26.3 Å². The van der Waals surface area contributed by atoms with Crippen LogP contribution in [0.15, 0.2) is 36.0 Å². The fourth-order valence-electron chi connectivity index (χ4n) is 2.09. The standard InChI is InChI=1S/C14H19NS/c1-10(2)14-15(4)11(3)13(16-14)12-8-6-5-7-9-12/h5-10,14H,1-4H3. The zero-order valence-corrected chi connectivity index (χ0v) is 11.2. The van der Waals surface area contributed by atoms with Crippen molar-refractivity contribution in [1.29, 1.82) is 0 Å². The van der Waals surface area contributed by atoms with Gasteiger partial charge in [-0.3, -0.25) is 0 Å². The number of thioether (sulfide) groups is 1. The van der Waals surface area contributed by atoms with Crippen LogP contribution in [0.2, 0.25) is 0 Å². The largest absolute Gasteiger partial charge is 0.365 e. The number of hydrogen-bond donors (Lipinski definition) is 0. The van der Waals surface area contributed by atoms with Crippen LogP contribution in [-0.4, -0.2) is 17.3 Å². The molecule has 1 aliphatic heterocycles. The molecule has 86 valence electrons. The molecule has 1 atom stereocenters. The van der Waals surface area contributed by atoms with Gasteiger partial charge in [-0.2, -0.15) is 0 Å². The average molecular weight is 233 g/mol. The predicted octanol–water partition coefficient (Wildman–Crippen LogP) is 4.04. The molecule has 0 saturated carbocycles. The summed E-state index contributed by atoms with van der Waals surface area (Å²) in [5, 5.41) is 0.579. The molecule has 0 aromatic heterocycles. The lowest BCUT2D eigenvalue weighted by molar-refractivity contribution is 0.338. The number of allylic oxidation sites excluding steroid dienone is 1. The van der Waals surface area contributed by atoms with E-state index < -0.39 is 0 Å². The Hall–Kier alpha value is -0.890. The molecule has 1 unspecified atom stereocenters. The first-order chi connectivity index (χ1) is 7.61. The molecule has 1 nitrogen and oxygen atoms in total. The van der Waals surface area contributed by atoms with Gasteiger partial charge in [0.05, 0.1) is 5.37 Å². The minimum absolute atomic E-state index is 0.579. The van der Waals surface area contributed by atoms with Gasteiger partial charge in [0.2, 0.25) is 0 Å². The molecule has 2 heteroatoms. The minimum atomic E-state index is 0.579. The summed E-state index contributed by atoms with van der Waals surface area (Å²) < 4.78 is 0. The van der Waals surface area contributed by atoms with Gasteiger partial charge in [0.1, 0.15) is 0 Å². The number of nitrogens with zero attached hydrogens (tertiary/aromatic N) is 1. The van der Waals surface area contributed by atoms with E-state index in [2.05, 4.69) is 63.1 Å². The summed E-state index contributed by atoms with van der Waals surface area (Å²) in [6, 6.07) is 10.7. The van der Waals surface area contributed by atoms with Crippen molar-refractivity contribution in [1.82, 2.24) is 4.90 Å². The second-order valence-corrected chi connectivity index (χ2v) is 5.77. The van der Waals surface area contributed by atoms with E-state index in [0.29, 0.717) is 11.3 Å². The predicted molar refractivity (Wildman–Crippen MR) is 73.0 cm³/mol. The normalized spacial score (nSPS) is 21.1. The summed E-state index contributed by atoms with van der Waals surface area (Å²) in [6.07, 6.45) is 0. The molecule has 2 rings (SSSR count). The van der Waals surface area contributed by atoms with Crippen LogP contribution in [0, 0.1) is 5.92 Å². The van der Waals surface area contributed by atoms with E-state index in [1.165, 1.54) is 16.2 Å². The summed E-state index contributed by atoms with van der Waals surface area (Å²) in [5.41, 5.74) is 2.75. The van der Waals surface area contributed by atoms with E-state index in [4.69, 9.17) is 0 Å². The Bertz CT molecular complexity index is 394. The molecular weight excluding hydrogens is 214 g/mol. The average Bonchev–Trinajstić information content (AvgIpc) is 2.58. The highest BCUT2D eigenvalue weighted by molar-refractivity contribution is 8.09. The lowest BCUT2D eigenvalue weighted by atomic mass is 10.1. The maximum atomic E-state index is 2.40. The number of benzene rings is 1. The number of rotatable bonds is 2. The van der Waals surface area contributed by atoms with Crippen molar-refractivity contribution in [2.45, 2.75) is 26.1 Å². The second-order valence-electron chi connectivity index (χ2n) is 4.64. The van der Waals surface area contributed by atoms with Gasteiger partial charge < -0.3 is 4.90 Å². The van der Waals surface area contributed by atoms with Crippen LogP contribution in [-0.2, 0) is 0 Å². The molecule has 1 aromatic rings. The Morgan fingerprint density at radius 2 is 1.81 bits per heavy atom. The van der Waals surface area contributed by atoms with Crippen LogP contribution in [0.4, 0.5) is 0 Å². The van der Waals surface area contributed by atoms with Crippen molar-refractivity contribution < 1.29 is 0 Å². The number of hydrogen-bond acceptors (Lipinski definition) is 2. The maximum absolute atomic E-state index is 2.40. The smallest absolute Gasteiger partial charge is 0.0814 e. The molecule has 0 spiro atoms. The lowest BCUT2D eigenvalue weighted by Gasteiger charge is -2.25. The molecule has 16 heavy (non-hydrogen) atoms. The third-order valence-corrected chi connectivity index (χ3v) is 4.95. The van der Waals surface area contributed by atoms with E-state index in [0.717, 1.165) is 0 Å². The lowest BCUT2D eigenvalue weighted by Crippen LogP contribution is -2.27. The van der Waals surface area contributed by atoms with Crippen molar-refractivity contribution in [3.05, 3.63) is 41.6 Å². The van der Waals surface area contributed by atoms with E-state index in [-0.39, 0.29) is 0 Å². The molecule has 0 amide bonds. The van der Waals surface area contributed by atoms with Gasteiger partial charge in [-0.15, -0.1) is 0 Å². The molecule has 0 radical (unpaired) electrons. The summed E-state index contributed by atoms with van der Waals surface area (Å²) in [7, 11) is 2.20. The minimum Gasteiger partial charge on any atom is -0.365 e. The first-order valence-corrected chi connectivity index (χ1v) is 6.65. The van der Waals surface area contributed by atoms with Gasteiger partial charge in [0.25, 0.3) is 0 Å². The Kier molecular flexibility index (Phi) is 3.29. The molecule has 1 aromatic carbocycles. The molecule has 0 saturated heterocycles. The third kappa shape index (κ3) is 1.99. The Morgan fingerprint density at radius 1 is 1.19 bits per heavy atom. The van der Waals surface area contributed by atoms with Crippen molar-refractivity contribution in [2.24, 2.45) is 5.92 Å². The zero-order valence-electron chi connectivity index (χ0n) is 10.4. The van der Waals surface area contributed by atoms with Gasteiger partial charge in [-0.05, 0) is 18.4 Å². The van der Waals surface area contributed by atoms with Crippen LogP contribution in [0.5, 0.6) is 0 Å². The van der Waals surface area contributed by atoms with Crippen molar-refractivity contribution in [3.8, 4) is 0 Å². The fourth-order valence-corrected chi connectivity index (χ4v) is 3.50. The van der Waals surface area contributed by atoms with Crippen molar-refractivity contribution in [2.75, 3.05) is 7.05 Å². The molecule has 1 aliphatic rings. The van der Waals surface area contributed by atoms with Crippen molar-refractivity contribution >= 4 is 16.7 Å². The quantitative estimate of drug-likeness (QED) is 0.758. The van der Waals surface area contributed by atoms with Gasteiger partial charge in [-0.1, -0.05) is 55.9 Å². The van der Waals surface area contributed by atoms with Crippen LogP contribution >= 0.6 is 11.8 Å². The first kappa shape index (κ1) is 11.6. The summed E-state index contributed by atoms with van der Waals surface area (Å²) in [6.45, 7) is 6.79. The topological polar surface area (TPSA) is 3.24 Å². The Balaban J connectivity index is 2.30. The maximum Gasteiger partial charge on any atom is 0.0814 e. The third-order valence-electron chi connectivity index (χ3n) is 3.08. The molecule has 0 aliphatic carbocycles. The van der Waals surface area contributed by atoms with Gasteiger partial charge in [-0.25, -0.2) is 0 Å². The van der Waals surface area contributed by atoms with Gasteiger partial charge in [0.15, 0.2) is 0 Å². The molecule has 1 heterocycles. The molecule has 0 bridgehead atoms. The van der Waals surface area contributed by atoms with Crippen molar-refractivity contribution in [3.63, 3.8) is 0 Å². The highest BCUT2D eigenvalue weighted by Crippen LogP contribution is 2.45. The first-order valence-electron chi connectivity index (χ1n) is 5.77. The summed E-state index contributed by atoms with van der Waals surface area (Å²) in [4.78, 5) is 3.83. The van der Waals surface area contributed by atoms with Crippen LogP contribution in [0.25, 0.3) is 4.91 Å². The monoisotopic (exact) mass is 233 g/mol. The Labute approximate surface area is 103 Å². The van der Waals surface area contributed by atoms with Crippen LogP contribution < -0.4 is 0 Å². The highest BCUT2D eigenvalue weighted by atomic mass is 32.2. The van der Waals surface area contributed by atoms with Gasteiger partial charge in [0, 0.05) is 17.6 Å². The van der Waals surface area contributed by atoms with Gasteiger partial charge >= 0.3 is 0 Å². The highest BCUT2D eigenvalue weighted by Gasteiger charge is 2.29. The fraction of sp³-hybridized carbons (Fsp3) is 0.429. The van der Waals surface area contributed by atoms with E-state index in [9.17, 15) is 0 Å². The molecule has 0 N–H and O–H groups in total. The summed E-state index contributed by atoms with van der Waals surface area (Å²) >= 11 is 1.99. The van der Waals surface area contributed by atoms with E-state index >= 15 is 0 Å². The molecular formula is C14H19NS. The van der Waals surface area contributed by atoms with E-state index in [1.807, 2.05) is 11.8 Å². The second kappa shape index (κ2) is 4.54. The molecule has 0 fully saturated rings. The zero-order chi connectivity index (χ0) is 11.7.